The van der Waals surface area contributed by atoms with Crippen molar-refractivity contribution in [3.63, 3.8) is 0 Å². The zero-order valence-corrected chi connectivity index (χ0v) is 14.6. The minimum absolute atomic E-state index is 0.264. The molecule has 1 aromatic carbocycles. The van der Waals surface area contributed by atoms with Crippen LogP contribution in [0.4, 0.5) is 4.39 Å². The van der Waals surface area contributed by atoms with Crippen molar-refractivity contribution >= 4 is 49.9 Å². The highest BCUT2D eigenvalue weighted by Gasteiger charge is 2.18. The van der Waals surface area contributed by atoms with Crippen molar-refractivity contribution in [3.8, 4) is 0 Å². The van der Waals surface area contributed by atoms with E-state index in [1.807, 2.05) is 23.8 Å². The lowest BCUT2D eigenvalue weighted by Crippen LogP contribution is -2.05. The summed E-state index contributed by atoms with van der Waals surface area (Å²) >= 11 is 11.0. The third kappa shape index (κ3) is 2.84. The van der Waals surface area contributed by atoms with Gasteiger partial charge in [-0.1, -0.05) is 0 Å². The molecule has 0 saturated heterocycles. The van der Waals surface area contributed by atoms with Crippen LogP contribution in [0, 0.1) is 12.7 Å². The number of aryl methyl sites for hydroxylation is 1. The highest BCUT2D eigenvalue weighted by Crippen LogP contribution is 2.29. The summed E-state index contributed by atoms with van der Waals surface area (Å²) in [5.41, 5.74) is 2.43. The van der Waals surface area contributed by atoms with Crippen LogP contribution in [0.1, 0.15) is 28.8 Å². The van der Waals surface area contributed by atoms with Crippen molar-refractivity contribution in [2.75, 3.05) is 0 Å². The molecule has 3 nitrogen and oxygen atoms in total. The first-order valence-electron chi connectivity index (χ1n) is 6.36. The van der Waals surface area contributed by atoms with Crippen molar-refractivity contribution < 1.29 is 4.39 Å². The fourth-order valence-electron chi connectivity index (χ4n) is 2.22. The van der Waals surface area contributed by atoms with Gasteiger partial charge in [-0.2, -0.15) is 0 Å². The highest BCUT2D eigenvalue weighted by molar-refractivity contribution is 9.10. The standard InChI is InChI=1S/C14H12BrClFN3S/c1-7-6-21-13(18-7)5-20-12-4-10(17)9(15)3-11(12)19-14(20)8(2)16/h3-4,6,8H,5H2,1-2H3. The number of hydrogen-bond donors (Lipinski definition) is 0. The van der Waals surface area contributed by atoms with E-state index in [1.54, 1.807) is 17.4 Å². The lowest BCUT2D eigenvalue weighted by Gasteiger charge is -2.08. The van der Waals surface area contributed by atoms with E-state index in [0.29, 0.717) is 11.0 Å². The molecule has 0 aliphatic heterocycles. The molecule has 0 radical (unpaired) electrons. The third-order valence-corrected chi connectivity index (χ3v) is 4.89. The summed E-state index contributed by atoms with van der Waals surface area (Å²) in [5, 5.41) is 2.68. The van der Waals surface area contributed by atoms with Crippen LogP contribution in [-0.2, 0) is 6.54 Å². The zero-order chi connectivity index (χ0) is 15.1. The Bertz CT molecular complexity index is 812. The summed E-state index contributed by atoms with van der Waals surface area (Å²) in [6, 6.07) is 3.16. The van der Waals surface area contributed by atoms with Gasteiger partial charge in [0.15, 0.2) is 0 Å². The minimum Gasteiger partial charge on any atom is -0.320 e. The second kappa shape index (κ2) is 5.66. The number of rotatable bonds is 3. The van der Waals surface area contributed by atoms with Crippen LogP contribution in [0.5, 0.6) is 0 Å². The molecule has 110 valence electrons. The SMILES string of the molecule is Cc1csc(Cn2c(C(C)Cl)nc3cc(Br)c(F)cc32)n1. The first kappa shape index (κ1) is 14.9. The van der Waals surface area contributed by atoms with Crippen molar-refractivity contribution in [1.29, 1.82) is 0 Å². The van der Waals surface area contributed by atoms with Gasteiger partial charge in [0.2, 0.25) is 0 Å². The maximum Gasteiger partial charge on any atom is 0.139 e. The Labute approximate surface area is 138 Å². The summed E-state index contributed by atoms with van der Waals surface area (Å²) in [7, 11) is 0. The predicted octanol–water partition coefficient (Wildman–Crippen LogP) is 5.05. The molecule has 3 rings (SSSR count). The largest absolute Gasteiger partial charge is 0.320 e. The number of alkyl halides is 1. The molecule has 0 saturated carbocycles. The van der Waals surface area contributed by atoms with Crippen LogP contribution in [0.25, 0.3) is 11.0 Å². The van der Waals surface area contributed by atoms with E-state index in [-0.39, 0.29) is 11.2 Å². The Morgan fingerprint density at radius 1 is 1.43 bits per heavy atom. The highest BCUT2D eigenvalue weighted by atomic mass is 79.9. The summed E-state index contributed by atoms with van der Waals surface area (Å²) in [4.78, 5) is 8.98. The molecule has 3 aromatic rings. The van der Waals surface area contributed by atoms with Gasteiger partial charge in [0.1, 0.15) is 16.6 Å². The lowest BCUT2D eigenvalue weighted by atomic mass is 10.3. The minimum atomic E-state index is -0.312. The molecule has 7 heteroatoms. The van der Waals surface area contributed by atoms with Crippen LogP contribution < -0.4 is 0 Å². The lowest BCUT2D eigenvalue weighted by molar-refractivity contribution is 0.621. The summed E-state index contributed by atoms with van der Waals surface area (Å²) in [5.74, 6) is 0.407. The van der Waals surface area contributed by atoms with E-state index in [9.17, 15) is 4.39 Å². The zero-order valence-electron chi connectivity index (χ0n) is 11.4. The Morgan fingerprint density at radius 2 is 2.19 bits per heavy atom. The molecule has 0 aliphatic rings. The Morgan fingerprint density at radius 3 is 2.81 bits per heavy atom. The number of hydrogen-bond acceptors (Lipinski definition) is 3. The smallest absolute Gasteiger partial charge is 0.139 e. The number of thiazole rings is 1. The van der Waals surface area contributed by atoms with Crippen molar-refractivity contribution in [2.24, 2.45) is 0 Å². The van der Waals surface area contributed by atoms with Crippen LogP contribution in [0.3, 0.4) is 0 Å². The molecule has 0 fully saturated rings. The van der Waals surface area contributed by atoms with Gasteiger partial charge < -0.3 is 4.57 Å². The normalized spacial score (nSPS) is 13.0. The van der Waals surface area contributed by atoms with Gasteiger partial charge in [-0.15, -0.1) is 22.9 Å². The molecule has 0 N–H and O–H groups in total. The monoisotopic (exact) mass is 387 g/mol. The summed E-state index contributed by atoms with van der Waals surface area (Å²) in [6.45, 7) is 4.36. The topological polar surface area (TPSA) is 30.7 Å². The number of imidazole rings is 1. The quantitative estimate of drug-likeness (QED) is 0.588. The van der Waals surface area contributed by atoms with Gasteiger partial charge in [0, 0.05) is 17.1 Å². The van der Waals surface area contributed by atoms with E-state index in [1.165, 1.54) is 6.07 Å². The second-order valence-corrected chi connectivity index (χ2v) is 7.26. The molecule has 0 spiro atoms. The molecule has 0 bridgehead atoms. The molecule has 1 unspecified atom stereocenters. The third-order valence-electron chi connectivity index (χ3n) is 3.14. The Kier molecular flexibility index (Phi) is 4.03. The van der Waals surface area contributed by atoms with Gasteiger partial charge in [0.05, 0.1) is 27.4 Å². The summed E-state index contributed by atoms with van der Waals surface area (Å²) < 4.78 is 16.2. The van der Waals surface area contributed by atoms with E-state index >= 15 is 0 Å². The molecule has 0 aliphatic carbocycles. The van der Waals surface area contributed by atoms with Crippen LogP contribution in [0.15, 0.2) is 22.0 Å². The van der Waals surface area contributed by atoms with Crippen LogP contribution in [-0.4, -0.2) is 14.5 Å². The van der Waals surface area contributed by atoms with E-state index < -0.39 is 0 Å². The average Bonchev–Trinajstić information content (AvgIpc) is 2.96. The van der Waals surface area contributed by atoms with E-state index in [2.05, 4.69) is 25.9 Å². The maximum absolute atomic E-state index is 13.8. The number of nitrogens with zero attached hydrogens (tertiary/aromatic N) is 3. The fourth-order valence-corrected chi connectivity index (χ4v) is 3.48. The average molecular weight is 389 g/mol. The number of fused-ring (bicyclic) bond motifs is 1. The van der Waals surface area contributed by atoms with Gasteiger partial charge in [0.25, 0.3) is 0 Å². The number of halogens is 3. The van der Waals surface area contributed by atoms with Crippen LogP contribution in [0.2, 0.25) is 0 Å². The summed E-state index contributed by atoms with van der Waals surface area (Å²) in [6.07, 6.45) is 0. The van der Waals surface area contributed by atoms with Crippen LogP contribution >= 0.6 is 38.9 Å². The van der Waals surface area contributed by atoms with Crippen molar-refractivity contribution in [3.05, 3.63) is 44.3 Å². The molecule has 2 heterocycles. The van der Waals surface area contributed by atoms with Gasteiger partial charge >= 0.3 is 0 Å². The molecule has 2 aromatic heterocycles. The molecular formula is C14H12BrClFN3S. The van der Waals surface area contributed by atoms with Gasteiger partial charge in [-0.3, -0.25) is 0 Å². The fraction of sp³-hybridized carbons (Fsp3) is 0.286. The molecule has 21 heavy (non-hydrogen) atoms. The van der Waals surface area contributed by atoms with Gasteiger partial charge in [-0.25, -0.2) is 14.4 Å². The second-order valence-electron chi connectivity index (χ2n) is 4.81. The van der Waals surface area contributed by atoms with Crippen molar-refractivity contribution in [1.82, 2.24) is 14.5 Å². The van der Waals surface area contributed by atoms with E-state index in [0.717, 1.165) is 27.6 Å². The van der Waals surface area contributed by atoms with Gasteiger partial charge in [-0.05, 0) is 35.8 Å². The molecular weight excluding hydrogens is 377 g/mol. The van der Waals surface area contributed by atoms with E-state index in [4.69, 9.17) is 11.6 Å². The molecule has 1 atom stereocenters. The number of aromatic nitrogens is 3. The maximum atomic E-state index is 13.8. The first-order chi connectivity index (χ1) is 9.95. The molecule has 0 amide bonds. The predicted molar refractivity (Wildman–Crippen MR) is 87.6 cm³/mol. The Hall–Kier alpha value is -0.980. The number of benzene rings is 1. The Balaban J connectivity index is 2.17. The first-order valence-corrected chi connectivity index (χ1v) is 8.47. The van der Waals surface area contributed by atoms with Crippen molar-refractivity contribution in [2.45, 2.75) is 25.8 Å².